The number of carbonyl (C=O) groups excluding carboxylic acids is 1. The maximum absolute atomic E-state index is 12.7. The molecule has 3 rings (SSSR count). The SMILES string of the molecule is CCNC(=NCC(=O)N1CCN(c2ccccc2)CC1)NCC(C)(O)c1cnn(C)c1. The maximum Gasteiger partial charge on any atom is 0.244 e. The Labute approximate surface area is 183 Å². The van der Waals surface area contributed by atoms with Crippen LogP contribution in [0.25, 0.3) is 0 Å². The van der Waals surface area contributed by atoms with Gasteiger partial charge in [-0.05, 0) is 26.0 Å². The van der Waals surface area contributed by atoms with E-state index < -0.39 is 5.60 Å². The number of aliphatic hydroxyl groups is 1. The molecule has 3 N–H and O–H groups in total. The van der Waals surface area contributed by atoms with Crippen LogP contribution in [0.5, 0.6) is 0 Å². The number of nitrogens with one attached hydrogen (secondary N) is 2. The standard InChI is InChI=1S/C22H33N7O2/c1-4-23-21(25-17-22(2,31)18-14-26-27(3)16-18)24-15-20(30)29-12-10-28(11-13-29)19-8-6-5-7-9-19/h5-9,14,16,31H,4,10-13,15,17H2,1-3H3,(H2,23,24,25). The number of nitrogens with zero attached hydrogens (tertiary/aromatic N) is 5. The summed E-state index contributed by atoms with van der Waals surface area (Å²) in [6, 6.07) is 10.3. The fraction of sp³-hybridized carbons (Fsp3) is 0.500. The first-order valence-corrected chi connectivity index (χ1v) is 10.7. The van der Waals surface area contributed by atoms with Crippen molar-refractivity contribution < 1.29 is 9.90 Å². The number of rotatable bonds is 7. The second kappa shape index (κ2) is 10.3. The van der Waals surface area contributed by atoms with Crippen molar-refractivity contribution in [2.45, 2.75) is 19.4 Å². The molecule has 0 aliphatic carbocycles. The predicted octanol–water partition coefficient (Wildman–Crippen LogP) is 0.532. The minimum Gasteiger partial charge on any atom is -0.383 e. The zero-order chi connectivity index (χ0) is 22.3. The Hall–Kier alpha value is -3.07. The molecule has 1 saturated heterocycles. The summed E-state index contributed by atoms with van der Waals surface area (Å²) in [5.41, 5.74) is 0.792. The zero-order valence-electron chi connectivity index (χ0n) is 18.6. The zero-order valence-corrected chi connectivity index (χ0v) is 18.6. The molecule has 1 aromatic heterocycles. The molecule has 2 heterocycles. The first-order valence-electron chi connectivity index (χ1n) is 10.7. The summed E-state index contributed by atoms with van der Waals surface area (Å²) < 4.78 is 1.65. The highest BCUT2D eigenvalue weighted by Gasteiger charge is 2.25. The molecule has 0 radical (unpaired) electrons. The van der Waals surface area contributed by atoms with Crippen molar-refractivity contribution in [1.29, 1.82) is 0 Å². The van der Waals surface area contributed by atoms with Gasteiger partial charge in [-0.25, -0.2) is 4.99 Å². The van der Waals surface area contributed by atoms with Crippen molar-refractivity contribution in [1.82, 2.24) is 25.3 Å². The number of amides is 1. The highest BCUT2D eigenvalue weighted by atomic mass is 16.3. The molecule has 1 aliphatic rings. The number of aliphatic imine (C=N–C) groups is 1. The van der Waals surface area contributed by atoms with Crippen LogP contribution in [0.3, 0.4) is 0 Å². The molecule has 1 aliphatic heterocycles. The van der Waals surface area contributed by atoms with Gasteiger partial charge in [0.2, 0.25) is 5.91 Å². The number of anilines is 1. The number of hydrogen-bond donors (Lipinski definition) is 3. The molecule has 1 aromatic carbocycles. The predicted molar refractivity (Wildman–Crippen MR) is 122 cm³/mol. The second-order valence-corrected chi connectivity index (χ2v) is 7.93. The first kappa shape index (κ1) is 22.6. The number of guanidine groups is 1. The summed E-state index contributed by atoms with van der Waals surface area (Å²) in [4.78, 5) is 21.2. The van der Waals surface area contributed by atoms with E-state index in [1.165, 1.54) is 5.69 Å². The monoisotopic (exact) mass is 427 g/mol. The number of hydrogen-bond acceptors (Lipinski definition) is 5. The molecule has 0 bridgehead atoms. The Morgan fingerprint density at radius 2 is 1.90 bits per heavy atom. The summed E-state index contributed by atoms with van der Waals surface area (Å²) in [7, 11) is 1.81. The normalized spacial score (nSPS) is 16.7. The van der Waals surface area contributed by atoms with Crippen LogP contribution in [0.1, 0.15) is 19.4 Å². The molecular weight excluding hydrogens is 394 g/mol. The molecule has 0 spiro atoms. The number of carbonyl (C=O) groups is 1. The van der Waals surface area contributed by atoms with Gasteiger partial charge in [-0.15, -0.1) is 0 Å². The van der Waals surface area contributed by atoms with Crippen LogP contribution >= 0.6 is 0 Å². The van der Waals surface area contributed by atoms with Gasteiger partial charge >= 0.3 is 0 Å². The van der Waals surface area contributed by atoms with Gasteiger partial charge in [-0.2, -0.15) is 5.10 Å². The molecule has 31 heavy (non-hydrogen) atoms. The van der Waals surface area contributed by atoms with E-state index >= 15 is 0 Å². The van der Waals surface area contributed by atoms with E-state index in [9.17, 15) is 9.90 Å². The maximum atomic E-state index is 12.7. The van der Waals surface area contributed by atoms with Crippen LogP contribution in [0.4, 0.5) is 5.69 Å². The van der Waals surface area contributed by atoms with E-state index in [0.717, 1.165) is 13.1 Å². The van der Waals surface area contributed by atoms with Crippen LogP contribution in [-0.4, -0.2) is 77.5 Å². The second-order valence-electron chi connectivity index (χ2n) is 7.93. The Balaban J connectivity index is 1.51. The van der Waals surface area contributed by atoms with Gasteiger partial charge in [0.25, 0.3) is 0 Å². The van der Waals surface area contributed by atoms with Crippen LogP contribution in [-0.2, 0) is 17.4 Å². The van der Waals surface area contributed by atoms with E-state index in [2.05, 4.69) is 37.8 Å². The van der Waals surface area contributed by atoms with Crippen LogP contribution in [0.2, 0.25) is 0 Å². The fourth-order valence-electron chi connectivity index (χ4n) is 3.50. The third-order valence-electron chi connectivity index (χ3n) is 5.40. The van der Waals surface area contributed by atoms with Gasteiger partial charge in [0.1, 0.15) is 12.1 Å². The lowest BCUT2D eigenvalue weighted by molar-refractivity contribution is -0.129. The van der Waals surface area contributed by atoms with Crippen LogP contribution in [0, 0.1) is 0 Å². The van der Waals surface area contributed by atoms with Gasteiger partial charge in [0.05, 0.1) is 12.7 Å². The smallest absolute Gasteiger partial charge is 0.244 e. The van der Waals surface area contributed by atoms with Crippen molar-refractivity contribution in [3.05, 3.63) is 48.3 Å². The van der Waals surface area contributed by atoms with Gasteiger partial charge in [0.15, 0.2) is 5.96 Å². The minimum absolute atomic E-state index is 0.00364. The van der Waals surface area contributed by atoms with Gasteiger partial charge in [-0.3, -0.25) is 9.48 Å². The van der Waals surface area contributed by atoms with E-state index in [-0.39, 0.29) is 19.0 Å². The minimum atomic E-state index is -1.11. The molecule has 0 saturated carbocycles. The third-order valence-corrected chi connectivity index (χ3v) is 5.40. The van der Waals surface area contributed by atoms with Crippen LogP contribution < -0.4 is 15.5 Å². The van der Waals surface area contributed by atoms with Crippen LogP contribution in [0.15, 0.2) is 47.7 Å². The van der Waals surface area contributed by atoms with E-state index in [0.29, 0.717) is 31.2 Å². The number of benzene rings is 1. The lowest BCUT2D eigenvalue weighted by Crippen LogP contribution is -2.50. The molecule has 2 aromatic rings. The molecule has 168 valence electrons. The number of piperazine rings is 1. The largest absolute Gasteiger partial charge is 0.383 e. The molecule has 1 unspecified atom stereocenters. The fourth-order valence-corrected chi connectivity index (χ4v) is 3.50. The Bertz CT molecular complexity index is 871. The number of aromatic nitrogens is 2. The average Bonchev–Trinajstić information content (AvgIpc) is 3.23. The van der Waals surface area contributed by atoms with E-state index in [1.54, 1.807) is 24.0 Å². The van der Waals surface area contributed by atoms with E-state index in [1.807, 2.05) is 37.1 Å². The van der Waals surface area contributed by atoms with Crippen molar-refractivity contribution >= 4 is 17.6 Å². The average molecular weight is 428 g/mol. The van der Waals surface area contributed by atoms with Gasteiger partial charge < -0.3 is 25.5 Å². The van der Waals surface area contributed by atoms with Gasteiger partial charge in [-0.1, -0.05) is 18.2 Å². The molecule has 9 nitrogen and oxygen atoms in total. The number of aryl methyl sites for hydroxylation is 1. The molecule has 9 heteroatoms. The highest BCUT2D eigenvalue weighted by Crippen LogP contribution is 2.18. The molecule has 1 fully saturated rings. The third kappa shape index (κ3) is 6.21. The Morgan fingerprint density at radius 3 is 2.52 bits per heavy atom. The quantitative estimate of drug-likeness (QED) is 0.441. The van der Waals surface area contributed by atoms with E-state index in [4.69, 9.17) is 0 Å². The summed E-state index contributed by atoms with van der Waals surface area (Å²) >= 11 is 0. The summed E-state index contributed by atoms with van der Waals surface area (Å²) in [6.07, 6.45) is 3.43. The van der Waals surface area contributed by atoms with Crippen molar-refractivity contribution in [2.24, 2.45) is 12.0 Å². The molecule has 1 amide bonds. The van der Waals surface area contributed by atoms with Gasteiger partial charge in [0, 0.05) is 57.2 Å². The summed E-state index contributed by atoms with van der Waals surface area (Å²) in [5.74, 6) is 0.506. The topological polar surface area (TPSA) is 98.0 Å². The summed E-state index contributed by atoms with van der Waals surface area (Å²) in [6.45, 7) is 7.64. The summed E-state index contributed by atoms with van der Waals surface area (Å²) in [5, 5.41) is 21.1. The van der Waals surface area contributed by atoms with Crippen molar-refractivity contribution in [2.75, 3.05) is 50.7 Å². The molecular formula is C22H33N7O2. The van der Waals surface area contributed by atoms with Crippen molar-refractivity contribution in [3.8, 4) is 0 Å². The highest BCUT2D eigenvalue weighted by molar-refractivity contribution is 5.85. The first-order chi connectivity index (χ1) is 14.9. The Kier molecular flexibility index (Phi) is 7.51. The molecule has 1 atom stereocenters. The number of para-hydroxylation sites is 1. The lowest BCUT2D eigenvalue weighted by atomic mass is 10.00. The van der Waals surface area contributed by atoms with Crippen molar-refractivity contribution in [3.63, 3.8) is 0 Å². The lowest BCUT2D eigenvalue weighted by Gasteiger charge is -2.36. The Morgan fingerprint density at radius 1 is 1.19 bits per heavy atom.